The Morgan fingerprint density at radius 3 is 3.00 bits per heavy atom. The number of amides is 1. The first-order chi connectivity index (χ1) is 3.81. The molecule has 0 atom stereocenters. The monoisotopic (exact) mass is 132 g/mol. The molecule has 0 aromatic rings. The second-order valence-corrected chi connectivity index (χ2v) is 1.15. The SMILES string of the molecule is [N-]=[N+]=NCC(=O)NS. The highest BCUT2D eigenvalue weighted by Crippen LogP contribution is 1.71. The molecule has 0 aromatic carbocycles. The molecule has 0 radical (unpaired) electrons. The molecule has 0 heterocycles. The van der Waals surface area contributed by atoms with Crippen LogP contribution in [0.2, 0.25) is 0 Å². The van der Waals surface area contributed by atoms with Crippen LogP contribution in [-0.2, 0) is 4.79 Å². The average Bonchev–Trinajstić information content (AvgIpc) is 1.83. The fourth-order valence-electron chi connectivity index (χ4n) is 0.131. The highest BCUT2D eigenvalue weighted by molar-refractivity contribution is 7.78. The largest absolute Gasteiger partial charge is 0.303 e. The van der Waals surface area contributed by atoms with Gasteiger partial charge < -0.3 is 4.72 Å². The highest BCUT2D eigenvalue weighted by Gasteiger charge is 1.90. The summed E-state index contributed by atoms with van der Waals surface area (Å²) in [4.78, 5) is 12.5. The predicted molar refractivity (Wildman–Crippen MR) is 31.1 cm³/mol. The quantitative estimate of drug-likeness (QED) is 0.240. The highest BCUT2D eigenvalue weighted by atomic mass is 32.1. The summed E-state index contributed by atoms with van der Waals surface area (Å²) in [6.07, 6.45) is 0. The molecule has 0 spiro atoms. The molecule has 0 aliphatic heterocycles. The Labute approximate surface area is 51.2 Å². The lowest BCUT2D eigenvalue weighted by Crippen LogP contribution is -2.14. The minimum absolute atomic E-state index is 0.194. The molecule has 0 unspecified atom stereocenters. The second-order valence-electron chi connectivity index (χ2n) is 0.924. The fraction of sp³-hybridized carbons (Fsp3) is 0.500. The van der Waals surface area contributed by atoms with Gasteiger partial charge in [0, 0.05) is 4.91 Å². The molecule has 0 aliphatic carbocycles. The van der Waals surface area contributed by atoms with Crippen LogP contribution in [0.5, 0.6) is 0 Å². The van der Waals surface area contributed by atoms with Gasteiger partial charge in [-0.2, -0.15) is 0 Å². The molecule has 0 rings (SSSR count). The third-order valence-corrected chi connectivity index (χ3v) is 0.652. The summed E-state index contributed by atoms with van der Waals surface area (Å²) in [5.74, 6) is -0.411. The van der Waals surface area contributed by atoms with Gasteiger partial charge in [0.2, 0.25) is 5.91 Å². The lowest BCUT2D eigenvalue weighted by atomic mass is 10.7. The Kier molecular flexibility index (Phi) is 3.83. The van der Waals surface area contributed by atoms with Crippen molar-refractivity contribution < 1.29 is 4.79 Å². The number of carbonyl (C=O) groups excluding carboxylic acids is 1. The summed E-state index contributed by atoms with van der Waals surface area (Å²) < 4.78 is 1.99. The first-order valence-electron chi connectivity index (χ1n) is 1.75. The standard InChI is InChI=1S/C2H4N4OS/c3-6-4-1-2(7)5-8/h8H,1H2,(H,5,7). The van der Waals surface area contributed by atoms with E-state index in [4.69, 9.17) is 5.53 Å². The van der Waals surface area contributed by atoms with Crippen LogP contribution in [0.25, 0.3) is 10.4 Å². The van der Waals surface area contributed by atoms with Gasteiger partial charge in [-0.3, -0.25) is 4.79 Å². The molecule has 8 heavy (non-hydrogen) atoms. The minimum Gasteiger partial charge on any atom is -0.303 e. The minimum atomic E-state index is -0.411. The third kappa shape index (κ3) is 3.32. The molecular weight excluding hydrogens is 128 g/mol. The van der Waals surface area contributed by atoms with Crippen LogP contribution in [-0.4, -0.2) is 12.5 Å². The first-order valence-corrected chi connectivity index (χ1v) is 2.19. The van der Waals surface area contributed by atoms with Crippen molar-refractivity contribution in [3.05, 3.63) is 10.4 Å². The third-order valence-electron chi connectivity index (χ3n) is 0.402. The van der Waals surface area contributed by atoms with Gasteiger partial charge in [0.05, 0.1) is 0 Å². The number of rotatable bonds is 2. The Balaban J connectivity index is 3.39. The van der Waals surface area contributed by atoms with Gasteiger partial charge in [-0.1, -0.05) is 17.9 Å². The zero-order valence-electron chi connectivity index (χ0n) is 3.90. The van der Waals surface area contributed by atoms with Crippen LogP contribution in [0.3, 0.4) is 0 Å². The van der Waals surface area contributed by atoms with Crippen molar-refractivity contribution in [2.75, 3.05) is 6.54 Å². The van der Waals surface area contributed by atoms with Gasteiger partial charge >= 0.3 is 0 Å². The molecular formula is C2H4N4OS. The van der Waals surface area contributed by atoms with Gasteiger partial charge in [-0.05, 0) is 5.53 Å². The van der Waals surface area contributed by atoms with Crippen molar-refractivity contribution in [3.8, 4) is 0 Å². The summed E-state index contributed by atoms with van der Waals surface area (Å²) in [6, 6.07) is 0. The zero-order chi connectivity index (χ0) is 6.41. The molecule has 0 fully saturated rings. The van der Waals surface area contributed by atoms with E-state index in [-0.39, 0.29) is 6.54 Å². The van der Waals surface area contributed by atoms with E-state index in [1.54, 1.807) is 0 Å². The van der Waals surface area contributed by atoms with Gasteiger partial charge in [-0.25, -0.2) is 0 Å². The predicted octanol–water partition coefficient (Wildman–Crippen LogP) is 0.258. The van der Waals surface area contributed by atoms with Gasteiger partial charge in [-0.15, -0.1) is 0 Å². The number of thiol groups is 1. The summed E-state index contributed by atoms with van der Waals surface area (Å²) in [6.45, 7) is -0.194. The van der Waals surface area contributed by atoms with Gasteiger partial charge in [0.15, 0.2) is 0 Å². The lowest BCUT2D eigenvalue weighted by molar-refractivity contribution is -0.117. The van der Waals surface area contributed by atoms with Crippen LogP contribution < -0.4 is 4.72 Å². The van der Waals surface area contributed by atoms with Crippen molar-refractivity contribution in [2.24, 2.45) is 5.11 Å². The summed E-state index contributed by atoms with van der Waals surface area (Å²) >= 11 is 3.41. The topological polar surface area (TPSA) is 77.9 Å². The van der Waals surface area contributed by atoms with Crippen molar-refractivity contribution in [2.45, 2.75) is 0 Å². The summed E-state index contributed by atoms with van der Waals surface area (Å²) in [5, 5.41) is 2.96. The number of nitrogens with zero attached hydrogens (tertiary/aromatic N) is 3. The average molecular weight is 132 g/mol. The van der Waals surface area contributed by atoms with Crippen molar-refractivity contribution in [1.82, 2.24) is 4.72 Å². The number of hydrogen-bond donors (Lipinski definition) is 2. The normalized spacial score (nSPS) is 7.12. The van der Waals surface area contributed by atoms with E-state index in [2.05, 4.69) is 22.8 Å². The van der Waals surface area contributed by atoms with Gasteiger partial charge in [0.1, 0.15) is 6.54 Å². The van der Waals surface area contributed by atoms with E-state index >= 15 is 0 Å². The molecule has 0 saturated heterocycles. The molecule has 6 heteroatoms. The molecule has 1 amide bonds. The van der Waals surface area contributed by atoms with Crippen molar-refractivity contribution >= 4 is 18.7 Å². The Bertz CT molecular complexity index is 128. The number of hydrogen-bond acceptors (Lipinski definition) is 3. The van der Waals surface area contributed by atoms with Crippen molar-refractivity contribution in [3.63, 3.8) is 0 Å². The maximum Gasteiger partial charge on any atom is 0.235 e. The Morgan fingerprint density at radius 2 is 2.62 bits per heavy atom. The summed E-state index contributed by atoms with van der Waals surface area (Å²) in [7, 11) is 0. The van der Waals surface area contributed by atoms with Crippen LogP contribution in [0, 0.1) is 0 Å². The van der Waals surface area contributed by atoms with E-state index in [0.717, 1.165) is 0 Å². The van der Waals surface area contributed by atoms with Crippen LogP contribution in [0.4, 0.5) is 0 Å². The van der Waals surface area contributed by atoms with E-state index in [9.17, 15) is 4.79 Å². The first kappa shape index (κ1) is 7.13. The van der Waals surface area contributed by atoms with Crippen LogP contribution in [0.15, 0.2) is 5.11 Å². The van der Waals surface area contributed by atoms with E-state index in [1.807, 2.05) is 4.72 Å². The molecule has 44 valence electrons. The molecule has 0 saturated carbocycles. The molecule has 5 nitrogen and oxygen atoms in total. The fourth-order valence-corrected chi connectivity index (χ4v) is 0.202. The Morgan fingerprint density at radius 1 is 2.00 bits per heavy atom. The van der Waals surface area contributed by atoms with Gasteiger partial charge in [0.25, 0.3) is 0 Å². The molecule has 0 aliphatic rings. The zero-order valence-corrected chi connectivity index (χ0v) is 4.80. The smallest absolute Gasteiger partial charge is 0.235 e. The lowest BCUT2D eigenvalue weighted by Gasteiger charge is -1.86. The second kappa shape index (κ2) is 4.29. The summed E-state index contributed by atoms with van der Waals surface area (Å²) in [5.41, 5.74) is 7.66. The number of carbonyl (C=O) groups is 1. The van der Waals surface area contributed by atoms with E-state index < -0.39 is 5.91 Å². The number of nitrogens with one attached hydrogen (secondary N) is 1. The van der Waals surface area contributed by atoms with E-state index in [1.165, 1.54) is 0 Å². The maximum atomic E-state index is 10.1. The maximum absolute atomic E-state index is 10.1. The van der Waals surface area contributed by atoms with Crippen molar-refractivity contribution in [1.29, 1.82) is 0 Å². The van der Waals surface area contributed by atoms with Crippen LogP contribution in [0.1, 0.15) is 0 Å². The molecule has 0 aromatic heterocycles. The Hall–Kier alpha value is -0.870. The number of azide groups is 1. The molecule has 0 bridgehead atoms. The van der Waals surface area contributed by atoms with Crippen LogP contribution >= 0.6 is 12.8 Å². The van der Waals surface area contributed by atoms with E-state index in [0.29, 0.717) is 0 Å². The molecule has 1 N–H and O–H groups in total.